The highest BCUT2D eigenvalue weighted by Crippen LogP contribution is 2.34. The first kappa shape index (κ1) is 26.9. The lowest BCUT2D eigenvalue weighted by molar-refractivity contribution is 0.0502. The van der Waals surface area contributed by atoms with Crippen LogP contribution >= 0.6 is 0 Å². The van der Waals surface area contributed by atoms with Crippen LogP contribution in [0.25, 0.3) is 22.3 Å². The number of nitrogens with zero attached hydrogens (tertiary/aromatic N) is 2. The number of nitrogens with two attached hydrogens (primary N) is 1. The maximum Gasteiger partial charge on any atom is 0.407 e. The van der Waals surface area contributed by atoms with Crippen molar-refractivity contribution in [1.29, 1.82) is 5.26 Å². The SMILES string of the molecule is CC(C)(C)OC(=O)N[C@H]1CCN(C(=O)c2ccc(-c3ccc(CCN)cc3)c(-c3ccc(C#N)cc3)c2)C1. The van der Waals surface area contributed by atoms with Crippen molar-refractivity contribution < 1.29 is 14.3 Å². The van der Waals surface area contributed by atoms with Crippen molar-refractivity contribution in [1.82, 2.24) is 10.2 Å². The van der Waals surface area contributed by atoms with Crippen LogP contribution in [0.2, 0.25) is 0 Å². The van der Waals surface area contributed by atoms with E-state index < -0.39 is 11.7 Å². The van der Waals surface area contributed by atoms with Gasteiger partial charge in [-0.3, -0.25) is 4.79 Å². The topological polar surface area (TPSA) is 108 Å². The van der Waals surface area contributed by atoms with Crippen LogP contribution in [-0.4, -0.2) is 48.2 Å². The van der Waals surface area contributed by atoms with Crippen LogP contribution in [0.15, 0.2) is 66.7 Å². The average Bonchev–Trinajstić information content (AvgIpc) is 3.36. The molecule has 1 aliphatic heterocycles. The lowest BCUT2D eigenvalue weighted by Gasteiger charge is -2.22. The highest BCUT2D eigenvalue weighted by atomic mass is 16.6. The molecule has 1 atom stereocenters. The van der Waals surface area contributed by atoms with Crippen LogP contribution in [0, 0.1) is 11.3 Å². The highest BCUT2D eigenvalue weighted by Gasteiger charge is 2.29. The summed E-state index contributed by atoms with van der Waals surface area (Å²) in [5.74, 6) is -0.0850. The van der Waals surface area contributed by atoms with Gasteiger partial charge in [-0.25, -0.2) is 4.79 Å². The van der Waals surface area contributed by atoms with Gasteiger partial charge in [-0.1, -0.05) is 42.5 Å². The van der Waals surface area contributed by atoms with Gasteiger partial charge in [0.05, 0.1) is 17.7 Å². The number of alkyl carbamates (subject to hydrolysis) is 1. The number of nitriles is 1. The van der Waals surface area contributed by atoms with Gasteiger partial charge in [-0.15, -0.1) is 0 Å². The lowest BCUT2D eigenvalue weighted by Crippen LogP contribution is -2.41. The Morgan fingerprint density at radius 1 is 1.03 bits per heavy atom. The number of carbonyl (C=O) groups is 2. The number of nitrogens with one attached hydrogen (secondary N) is 1. The Morgan fingerprint density at radius 2 is 1.68 bits per heavy atom. The molecule has 1 aliphatic rings. The second-order valence-electron chi connectivity index (χ2n) is 10.6. The predicted molar refractivity (Wildman–Crippen MR) is 148 cm³/mol. The van der Waals surface area contributed by atoms with E-state index in [1.54, 1.807) is 17.0 Å². The van der Waals surface area contributed by atoms with E-state index in [2.05, 4.69) is 35.7 Å². The Bertz CT molecular complexity index is 1340. The zero-order valence-corrected chi connectivity index (χ0v) is 22.2. The molecule has 2 amide bonds. The number of rotatable bonds is 6. The van der Waals surface area contributed by atoms with Crippen LogP contribution in [-0.2, 0) is 11.2 Å². The molecule has 3 aromatic rings. The van der Waals surface area contributed by atoms with E-state index in [0.29, 0.717) is 37.2 Å². The van der Waals surface area contributed by atoms with Gasteiger partial charge < -0.3 is 20.7 Å². The molecule has 0 aromatic heterocycles. The molecule has 3 aromatic carbocycles. The molecule has 1 saturated heterocycles. The normalized spacial score (nSPS) is 15.1. The summed E-state index contributed by atoms with van der Waals surface area (Å²) in [6, 6.07) is 23.4. The van der Waals surface area contributed by atoms with E-state index >= 15 is 0 Å². The van der Waals surface area contributed by atoms with Crippen molar-refractivity contribution in [3.63, 3.8) is 0 Å². The molecular formula is C31H34N4O3. The zero-order chi connectivity index (χ0) is 27.3. The van der Waals surface area contributed by atoms with Gasteiger partial charge in [0.1, 0.15) is 5.60 Å². The Hall–Kier alpha value is -4.15. The first-order chi connectivity index (χ1) is 18.2. The molecule has 7 heteroatoms. The van der Waals surface area contributed by atoms with Crippen molar-refractivity contribution in [2.75, 3.05) is 19.6 Å². The summed E-state index contributed by atoms with van der Waals surface area (Å²) in [7, 11) is 0. The lowest BCUT2D eigenvalue weighted by atomic mass is 9.91. The van der Waals surface area contributed by atoms with Crippen molar-refractivity contribution in [2.45, 2.75) is 45.3 Å². The zero-order valence-electron chi connectivity index (χ0n) is 22.2. The molecule has 0 spiro atoms. The predicted octanol–water partition coefficient (Wildman–Crippen LogP) is 5.13. The first-order valence-corrected chi connectivity index (χ1v) is 12.9. The van der Waals surface area contributed by atoms with E-state index in [4.69, 9.17) is 10.5 Å². The van der Waals surface area contributed by atoms with Gasteiger partial charge in [-0.2, -0.15) is 5.26 Å². The molecule has 196 valence electrons. The molecule has 0 unspecified atom stereocenters. The summed E-state index contributed by atoms with van der Waals surface area (Å²) in [6.07, 6.45) is 1.01. The Balaban J connectivity index is 1.59. The number of likely N-dealkylation sites (tertiary alicyclic amines) is 1. The highest BCUT2D eigenvalue weighted by molar-refractivity contribution is 5.98. The number of carbonyl (C=O) groups excluding carboxylic acids is 2. The van der Waals surface area contributed by atoms with E-state index in [1.165, 1.54) is 5.56 Å². The van der Waals surface area contributed by atoms with Gasteiger partial charge in [0.2, 0.25) is 0 Å². The van der Waals surface area contributed by atoms with Crippen LogP contribution in [0.1, 0.15) is 48.7 Å². The molecule has 4 rings (SSSR count). The number of hydrogen-bond acceptors (Lipinski definition) is 5. The summed E-state index contributed by atoms with van der Waals surface area (Å²) in [5.41, 5.74) is 11.3. The number of amides is 2. The van der Waals surface area contributed by atoms with Gasteiger partial charge in [0, 0.05) is 18.7 Å². The van der Waals surface area contributed by atoms with Crippen molar-refractivity contribution in [2.24, 2.45) is 5.73 Å². The van der Waals surface area contributed by atoms with E-state index in [0.717, 1.165) is 28.7 Å². The third-order valence-electron chi connectivity index (χ3n) is 6.49. The summed E-state index contributed by atoms with van der Waals surface area (Å²) < 4.78 is 5.36. The summed E-state index contributed by atoms with van der Waals surface area (Å²) in [4.78, 5) is 27.4. The molecule has 1 heterocycles. The molecular weight excluding hydrogens is 476 g/mol. The van der Waals surface area contributed by atoms with Crippen molar-refractivity contribution >= 4 is 12.0 Å². The van der Waals surface area contributed by atoms with Crippen LogP contribution in [0.3, 0.4) is 0 Å². The maximum absolute atomic E-state index is 13.5. The largest absolute Gasteiger partial charge is 0.444 e. The molecule has 38 heavy (non-hydrogen) atoms. The number of hydrogen-bond donors (Lipinski definition) is 2. The minimum Gasteiger partial charge on any atom is -0.444 e. The van der Waals surface area contributed by atoms with Crippen LogP contribution in [0.5, 0.6) is 0 Å². The van der Waals surface area contributed by atoms with Crippen LogP contribution in [0.4, 0.5) is 4.79 Å². The third kappa shape index (κ3) is 6.58. The Kier molecular flexibility index (Phi) is 8.13. The molecule has 7 nitrogen and oxygen atoms in total. The third-order valence-corrected chi connectivity index (χ3v) is 6.49. The summed E-state index contributed by atoms with van der Waals surface area (Å²) in [5, 5.41) is 12.1. The van der Waals surface area contributed by atoms with Crippen molar-refractivity contribution in [3.8, 4) is 28.3 Å². The minimum atomic E-state index is -0.577. The van der Waals surface area contributed by atoms with Gasteiger partial charge >= 0.3 is 6.09 Å². The first-order valence-electron chi connectivity index (χ1n) is 12.9. The fourth-order valence-corrected chi connectivity index (χ4v) is 4.63. The Labute approximate surface area is 224 Å². The van der Waals surface area contributed by atoms with E-state index in [1.807, 2.05) is 51.1 Å². The minimum absolute atomic E-state index is 0.0850. The van der Waals surface area contributed by atoms with Gasteiger partial charge in [-0.05, 0) is 92.2 Å². The van der Waals surface area contributed by atoms with E-state index in [-0.39, 0.29) is 11.9 Å². The fourth-order valence-electron chi connectivity index (χ4n) is 4.63. The smallest absolute Gasteiger partial charge is 0.407 e. The molecule has 0 bridgehead atoms. The fraction of sp³-hybridized carbons (Fsp3) is 0.323. The second-order valence-corrected chi connectivity index (χ2v) is 10.6. The Morgan fingerprint density at radius 3 is 2.32 bits per heavy atom. The summed E-state index contributed by atoms with van der Waals surface area (Å²) >= 11 is 0. The molecule has 1 fully saturated rings. The molecule has 3 N–H and O–H groups in total. The van der Waals surface area contributed by atoms with Crippen LogP contribution < -0.4 is 11.1 Å². The molecule has 0 saturated carbocycles. The van der Waals surface area contributed by atoms with Gasteiger partial charge in [0.25, 0.3) is 5.91 Å². The quantitative estimate of drug-likeness (QED) is 0.478. The summed E-state index contributed by atoms with van der Waals surface area (Å²) in [6.45, 7) is 7.03. The number of ether oxygens (including phenoxy) is 1. The average molecular weight is 511 g/mol. The van der Waals surface area contributed by atoms with Crippen molar-refractivity contribution in [3.05, 3.63) is 83.4 Å². The monoisotopic (exact) mass is 510 g/mol. The second kappa shape index (κ2) is 11.5. The number of benzene rings is 3. The molecule has 0 aliphatic carbocycles. The molecule has 0 radical (unpaired) electrons. The maximum atomic E-state index is 13.5. The standard InChI is InChI=1S/C31H34N4O3/c1-31(2,3)38-30(37)34-26-15-17-35(20-26)29(36)25-12-13-27(23-8-4-21(5-9-23)14-16-32)28(18-25)24-10-6-22(19-33)7-11-24/h4-13,18,26H,14-17,20,32H2,1-3H3,(H,34,37)/t26-/m0/s1. The van der Waals surface area contributed by atoms with Gasteiger partial charge in [0.15, 0.2) is 0 Å². The van der Waals surface area contributed by atoms with E-state index in [9.17, 15) is 14.9 Å².